The van der Waals surface area contributed by atoms with E-state index in [2.05, 4.69) is 14.1 Å². The summed E-state index contributed by atoms with van der Waals surface area (Å²) in [5, 5.41) is 3.30. The first-order chi connectivity index (χ1) is 13.1. The summed E-state index contributed by atoms with van der Waals surface area (Å²) in [6.45, 7) is 0.356. The number of fused-ring (bicyclic) bond motifs is 2. The number of anilines is 1. The predicted octanol–water partition coefficient (Wildman–Crippen LogP) is 3.26. The second-order valence-electron chi connectivity index (χ2n) is 5.87. The largest absolute Gasteiger partial charge is 0.496 e. The quantitative estimate of drug-likeness (QED) is 0.725. The van der Waals surface area contributed by atoms with Gasteiger partial charge in [0, 0.05) is 12.1 Å². The minimum atomic E-state index is -0.285. The van der Waals surface area contributed by atoms with E-state index in [1.807, 2.05) is 18.2 Å². The van der Waals surface area contributed by atoms with Gasteiger partial charge in [-0.05, 0) is 30.4 Å². The summed E-state index contributed by atoms with van der Waals surface area (Å²) < 4.78 is 19.4. The van der Waals surface area contributed by atoms with E-state index in [-0.39, 0.29) is 22.7 Å². The average Bonchev–Trinajstić information content (AvgIpc) is 3.17. The van der Waals surface area contributed by atoms with E-state index in [0.29, 0.717) is 23.6 Å². The van der Waals surface area contributed by atoms with Crippen molar-refractivity contribution < 1.29 is 19.1 Å². The Bertz CT molecular complexity index is 1100. The fraction of sp³-hybridized carbons (Fsp3) is 0.158. The summed E-state index contributed by atoms with van der Waals surface area (Å²) in [5.74, 6) is 0.147. The highest BCUT2D eigenvalue weighted by Crippen LogP contribution is 2.38. The highest BCUT2D eigenvalue weighted by atomic mass is 32.1. The van der Waals surface area contributed by atoms with Crippen LogP contribution in [0.4, 0.5) is 5.69 Å². The first-order valence-corrected chi connectivity index (χ1v) is 8.86. The van der Waals surface area contributed by atoms with Gasteiger partial charge >= 0.3 is 0 Å². The average molecular weight is 381 g/mol. The SMILES string of the molecule is COc1cc(CNc2cccc3nsnc23)c(OC)c2c1C(=O)C=CC2=O. The van der Waals surface area contributed by atoms with Gasteiger partial charge in [-0.3, -0.25) is 9.59 Å². The van der Waals surface area contributed by atoms with Crippen molar-refractivity contribution in [2.45, 2.75) is 6.54 Å². The van der Waals surface area contributed by atoms with E-state index < -0.39 is 0 Å². The molecule has 0 saturated heterocycles. The lowest BCUT2D eigenvalue weighted by Gasteiger charge is -2.20. The number of aromatic nitrogens is 2. The number of hydrogen-bond acceptors (Lipinski definition) is 8. The molecule has 1 aromatic heterocycles. The number of ether oxygens (including phenoxy) is 2. The minimum absolute atomic E-state index is 0.231. The van der Waals surface area contributed by atoms with Crippen LogP contribution in [-0.4, -0.2) is 34.5 Å². The Balaban J connectivity index is 1.77. The van der Waals surface area contributed by atoms with Gasteiger partial charge in [-0.15, -0.1) is 0 Å². The van der Waals surface area contributed by atoms with Gasteiger partial charge < -0.3 is 14.8 Å². The van der Waals surface area contributed by atoms with Gasteiger partial charge in [0.15, 0.2) is 11.6 Å². The van der Waals surface area contributed by atoms with Crippen molar-refractivity contribution in [1.82, 2.24) is 8.75 Å². The van der Waals surface area contributed by atoms with Crippen LogP contribution >= 0.6 is 11.7 Å². The first-order valence-electron chi connectivity index (χ1n) is 8.13. The Kier molecular flexibility index (Phi) is 4.33. The Hall–Kier alpha value is -3.26. The zero-order chi connectivity index (χ0) is 19.0. The number of nitrogens with one attached hydrogen (secondary N) is 1. The van der Waals surface area contributed by atoms with E-state index in [9.17, 15) is 9.59 Å². The van der Waals surface area contributed by atoms with Crippen LogP contribution in [0.1, 0.15) is 26.3 Å². The summed E-state index contributed by atoms with van der Waals surface area (Å²) in [5.41, 5.74) is 3.57. The molecule has 27 heavy (non-hydrogen) atoms. The molecular weight excluding hydrogens is 366 g/mol. The molecule has 0 unspecified atom stereocenters. The number of rotatable bonds is 5. The minimum Gasteiger partial charge on any atom is -0.496 e. The van der Waals surface area contributed by atoms with Crippen LogP contribution in [0.2, 0.25) is 0 Å². The number of ketones is 2. The predicted molar refractivity (Wildman–Crippen MR) is 102 cm³/mol. The molecule has 0 fully saturated rings. The third kappa shape index (κ3) is 2.83. The molecule has 1 aliphatic rings. The van der Waals surface area contributed by atoms with Crippen LogP contribution in [0, 0.1) is 0 Å². The number of carbonyl (C=O) groups is 2. The lowest BCUT2D eigenvalue weighted by molar-refractivity contribution is 0.0988. The molecule has 0 saturated carbocycles. The van der Waals surface area contributed by atoms with Crippen molar-refractivity contribution in [1.29, 1.82) is 0 Å². The normalized spacial score (nSPS) is 13.0. The molecule has 4 rings (SSSR count). The standard InChI is InChI=1S/C19H15N3O4S/c1-25-15-8-10(9-20-11-4-3-5-12-18(11)22-27-21-12)19(26-2)17-14(24)7-6-13(23)16(15)17/h3-8,20H,9H2,1-2H3. The van der Waals surface area contributed by atoms with E-state index in [1.54, 1.807) is 6.07 Å². The molecule has 0 atom stereocenters. The van der Waals surface area contributed by atoms with Gasteiger partial charge in [0.05, 0.1) is 42.8 Å². The summed E-state index contributed by atoms with van der Waals surface area (Å²) >= 11 is 1.15. The summed E-state index contributed by atoms with van der Waals surface area (Å²) in [6.07, 6.45) is 2.51. The van der Waals surface area contributed by atoms with E-state index in [4.69, 9.17) is 9.47 Å². The fourth-order valence-corrected chi connectivity index (χ4v) is 3.71. The summed E-state index contributed by atoms with van der Waals surface area (Å²) in [7, 11) is 2.95. The summed E-state index contributed by atoms with van der Waals surface area (Å²) in [6, 6.07) is 7.41. The number of nitrogens with zero attached hydrogens (tertiary/aromatic N) is 2. The van der Waals surface area contributed by atoms with Crippen LogP contribution in [0.5, 0.6) is 11.5 Å². The van der Waals surface area contributed by atoms with Gasteiger partial charge in [-0.1, -0.05) is 6.07 Å². The molecule has 0 radical (unpaired) electrons. The highest BCUT2D eigenvalue weighted by molar-refractivity contribution is 7.00. The van der Waals surface area contributed by atoms with Gasteiger partial charge in [0.2, 0.25) is 0 Å². The van der Waals surface area contributed by atoms with Crippen LogP contribution in [0.25, 0.3) is 11.0 Å². The molecule has 1 N–H and O–H groups in total. The molecule has 1 heterocycles. The first kappa shape index (κ1) is 17.2. The molecule has 2 aromatic carbocycles. The monoisotopic (exact) mass is 381 g/mol. The molecule has 3 aromatic rings. The second kappa shape index (κ2) is 6.81. The maximum atomic E-state index is 12.4. The van der Waals surface area contributed by atoms with Gasteiger partial charge in [0.25, 0.3) is 0 Å². The maximum absolute atomic E-state index is 12.4. The number of methoxy groups -OCH3 is 2. The van der Waals surface area contributed by atoms with E-state index in [1.165, 1.54) is 26.4 Å². The lowest BCUT2D eigenvalue weighted by atomic mass is 9.90. The van der Waals surface area contributed by atoms with Gasteiger partial charge in [-0.25, -0.2) is 0 Å². The third-order valence-corrected chi connectivity index (χ3v) is 4.92. The molecule has 8 heteroatoms. The molecule has 136 valence electrons. The molecule has 0 aliphatic heterocycles. The molecular formula is C19H15N3O4S. The van der Waals surface area contributed by atoms with Crippen LogP contribution in [0.3, 0.4) is 0 Å². The zero-order valence-corrected chi connectivity index (χ0v) is 15.4. The number of carbonyl (C=O) groups excluding carboxylic acids is 2. The van der Waals surface area contributed by atoms with Crippen LogP contribution < -0.4 is 14.8 Å². The van der Waals surface area contributed by atoms with Crippen molar-refractivity contribution in [2.24, 2.45) is 0 Å². The van der Waals surface area contributed by atoms with Crippen molar-refractivity contribution in [3.63, 3.8) is 0 Å². The number of benzene rings is 2. The fourth-order valence-electron chi connectivity index (χ4n) is 3.16. The molecule has 0 amide bonds. The number of hydrogen-bond donors (Lipinski definition) is 1. The van der Waals surface area contributed by atoms with E-state index in [0.717, 1.165) is 28.4 Å². The Morgan fingerprint density at radius 1 is 1.04 bits per heavy atom. The Morgan fingerprint density at radius 3 is 2.56 bits per heavy atom. The zero-order valence-electron chi connectivity index (χ0n) is 14.6. The lowest BCUT2D eigenvalue weighted by Crippen LogP contribution is -2.17. The Labute approximate surface area is 158 Å². The topological polar surface area (TPSA) is 90.4 Å². The van der Waals surface area contributed by atoms with E-state index >= 15 is 0 Å². The molecule has 1 aliphatic carbocycles. The number of allylic oxidation sites excluding steroid dienone is 2. The third-order valence-electron chi connectivity index (χ3n) is 4.38. The van der Waals surface area contributed by atoms with Crippen molar-refractivity contribution >= 4 is 40.0 Å². The van der Waals surface area contributed by atoms with Gasteiger partial charge in [0.1, 0.15) is 22.5 Å². The van der Waals surface area contributed by atoms with Gasteiger partial charge in [-0.2, -0.15) is 8.75 Å². The molecule has 0 spiro atoms. The van der Waals surface area contributed by atoms with Crippen molar-refractivity contribution in [3.05, 3.63) is 53.1 Å². The molecule has 7 nitrogen and oxygen atoms in total. The maximum Gasteiger partial charge on any atom is 0.190 e. The highest BCUT2D eigenvalue weighted by Gasteiger charge is 2.29. The smallest absolute Gasteiger partial charge is 0.190 e. The van der Waals surface area contributed by atoms with Crippen LogP contribution in [-0.2, 0) is 6.54 Å². The summed E-state index contributed by atoms with van der Waals surface area (Å²) in [4.78, 5) is 24.7. The molecule has 0 bridgehead atoms. The second-order valence-corrected chi connectivity index (χ2v) is 6.40. The Morgan fingerprint density at radius 2 is 1.81 bits per heavy atom. The van der Waals surface area contributed by atoms with Crippen LogP contribution in [0.15, 0.2) is 36.4 Å². The van der Waals surface area contributed by atoms with Crippen molar-refractivity contribution in [3.8, 4) is 11.5 Å². The van der Waals surface area contributed by atoms with Crippen molar-refractivity contribution in [2.75, 3.05) is 19.5 Å².